The molecule has 0 saturated heterocycles. The molecule has 0 atom stereocenters. The zero-order valence-corrected chi connectivity index (χ0v) is 4.64. The van der Waals surface area contributed by atoms with Crippen LogP contribution in [0.25, 0.3) is 10.7 Å². The predicted molar refractivity (Wildman–Crippen MR) is 28.7 cm³/mol. The zero-order valence-electron chi connectivity index (χ0n) is 3.83. The van der Waals surface area contributed by atoms with Crippen LogP contribution in [0, 0.1) is 0 Å². The summed E-state index contributed by atoms with van der Waals surface area (Å²) in [5.74, 6) is 0. The molecule has 2 aliphatic rings. The SMILES string of the molecule is c1[nH]sc2nnnc1-2. The summed E-state index contributed by atoms with van der Waals surface area (Å²) in [6.07, 6.45) is 1.78. The maximum atomic E-state index is 3.70. The number of nitrogens with one attached hydrogen (secondary N) is 1. The maximum Gasteiger partial charge on any atom is 0.185 e. The van der Waals surface area contributed by atoms with Crippen LogP contribution in [0.15, 0.2) is 6.20 Å². The van der Waals surface area contributed by atoms with Crippen LogP contribution in [0.3, 0.4) is 0 Å². The van der Waals surface area contributed by atoms with E-state index in [-0.39, 0.29) is 0 Å². The normalized spacial score (nSPS) is 10.5. The number of H-pyrrole nitrogens is 1. The lowest BCUT2D eigenvalue weighted by molar-refractivity contribution is 0.953. The lowest BCUT2D eigenvalue weighted by Gasteiger charge is -1.67. The highest BCUT2D eigenvalue weighted by Crippen LogP contribution is 2.17. The number of hydrogen-bond acceptors (Lipinski definition) is 4. The number of aromatic nitrogens is 4. The largest absolute Gasteiger partial charge is 0.314 e. The molecule has 5 heteroatoms. The quantitative estimate of drug-likeness (QED) is 0.554. The van der Waals surface area contributed by atoms with Crippen molar-refractivity contribution >= 4 is 11.5 Å². The van der Waals surface area contributed by atoms with Gasteiger partial charge in [0.1, 0.15) is 5.69 Å². The fourth-order valence-corrected chi connectivity index (χ4v) is 1.07. The van der Waals surface area contributed by atoms with Crippen molar-refractivity contribution in [3.05, 3.63) is 6.20 Å². The topological polar surface area (TPSA) is 54.5 Å². The summed E-state index contributed by atoms with van der Waals surface area (Å²) in [5, 5.41) is 11.7. The molecule has 0 aliphatic carbocycles. The fraction of sp³-hybridized carbons (Fsp3) is 0. The molecule has 0 aromatic carbocycles. The molecule has 0 bridgehead atoms. The number of hydrogen-bond donors (Lipinski definition) is 1. The summed E-state index contributed by atoms with van der Waals surface area (Å²) in [6, 6.07) is 0. The Kier molecular flexibility index (Phi) is 0.621. The van der Waals surface area contributed by atoms with Gasteiger partial charge in [-0.1, -0.05) is 0 Å². The van der Waals surface area contributed by atoms with Crippen molar-refractivity contribution in [3.8, 4) is 10.7 Å². The smallest absolute Gasteiger partial charge is 0.185 e. The van der Waals surface area contributed by atoms with E-state index in [2.05, 4.69) is 19.8 Å². The van der Waals surface area contributed by atoms with E-state index in [1.54, 1.807) is 6.20 Å². The molecular weight excluding hydrogens is 124 g/mol. The molecule has 1 N–H and O–H groups in total. The molecule has 0 amide bonds. The van der Waals surface area contributed by atoms with E-state index in [9.17, 15) is 0 Å². The second kappa shape index (κ2) is 1.25. The summed E-state index contributed by atoms with van der Waals surface area (Å²) in [7, 11) is 0. The summed E-state index contributed by atoms with van der Waals surface area (Å²) < 4.78 is 2.89. The minimum atomic E-state index is 0.843. The maximum absolute atomic E-state index is 3.70. The summed E-state index contributed by atoms with van der Waals surface area (Å²) in [4.78, 5) is 0. The first-order valence-corrected chi connectivity index (χ1v) is 2.90. The average molecular weight is 126 g/mol. The second-order valence-corrected chi connectivity index (χ2v) is 2.17. The third-order valence-corrected chi connectivity index (χ3v) is 1.58. The standard InChI is InChI=1S/C3H2N4S/c1-2-3(8-4-1)6-7-5-2/h1,4H. The van der Waals surface area contributed by atoms with Crippen LogP contribution < -0.4 is 0 Å². The molecule has 0 aromatic heterocycles. The van der Waals surface area contributed by atoms with Gasteiger partial charge in [-0.3, -0.25) is 0 Å². The van der Waals surface area contributed by atoms with Gasteiger partial charge in [-0.05, 0) is 16.7 Å². The molecule has 0 radical (unpaired) electrons. The third-order valence-electron chi connectivity index (χ3n) is 0.858. The molecule has 2 rings (SSSR count). The van der Waals surface area contributed by atoms with Crippen molar-refractivity contribution in [2.24, 2.45) is 0 Å². The Morgan fingerprint density at radius 2 is 2.50 bits per heavy atom. The lowest BCUT2D eigenvalue weighted by Crippen LogP contribution is -1.64. The summed E-state index contributed by atoms with van der Waals surface area (Å²) in [6.45, 7) is 0. The van der Waals surface area contributed by atoms with Crippen LogP contribution in [0.4, 0.5) is 0 Å². The van der Waals surface area contributed by atoms with Gasteiger partial charge in [0.25, 0.3) is 0 Å². The predicted octanol–water partition coefficient (Wildman–Crippen LogP) is 0.366. The van der Waals surface area contributed by atoms with Crippen LogP contribution in [0.5, 0.6) is 0 Å². The molecule has 0 saturated carbocycles. The Morgan fingerprint density at radius 1 is 1.50 bits per heavy atom. The summed E-state index contributed by atoms with van der Waals surface area (Å²) >= 11 is 1.43. The number of rotatable bonds is 0. The molecule has 0 unspecified atom stereocenters. The third kappa shape index (κ3) is 0.362. The Hall–Kier alpha value is -0.970. The monoisotopic (exact) mass is 126 g/mol. The molecule has 40 valence electrons. The van der Waals surface area contributed by atoms with Crippen molar-refractivity contribution in [3.63, 3.8) is 0 Å². The number of fused-ring (bicyclic) bond motifs is 1. The van der Waals surface area contributed by atoms with E-state index in [1.807, 2.05) is 0 Å². The Balaban J connectivity index is 2.84. The molecule has 2 aliphatic heterocycles. The van der Waals surface area contributed by atoms with Gasteiger partial charge >= 0.3 is 0 Å². The molecular formula is C3H2N4S. The van der Waals surface area contributed by atoms with Crippen LogP contribution in [0.2, 0.25) is 0 Å². The highest BCUT2D eigenvalue weighted by atomic mass is 32.1. The molecule has 4 nitrogen and oxygen atoms in total. The minimum Gasteiger partial charge on any atom is -0.314 e. The second-order valence-electron chi connectivity index (χ2n) is 1.34. The van der Waals surface area contributed by atoms with E-state index in [0.29, 0.717) is 0 Å². The van der Waals surface area contributed by atoms with E-state index in [0.717, 1.165) is 10.7 Å². The van der Waals surface area contributed by atoms with E-state index in [4.69, 9.17) is 0 Å². The van der Waals surface area contributed by atoms with Gasteiger partial charge in [-0.25, -0.2) is 0 Å². The summed E-state index contributed by atoms with van der Waals surface area (Å²) in [5.41, 5.74) is 0.843. The number of nitrogens with zero attached hydrogens (tertiary/aromatic N) is 3. The van der Waals surface area contributed by atoms with Crippen molar-refractivity contribution < 1.29 is 0 Å². The number of aromatic amines is 1. The van der Waals surface area contributed by atoms with Gasteiger partial charge in [0, 0.05) is 6.20 Å². The Morgan fingerprint density at radius 3 is 3.38 bits per heavy atom. The van der Waals surface area contributed by atoms with Gasteiger partial charge in [-0.2, -0.15) is 0 Å². The van der Waals surface area contributed by atoms with Crippen molar-refractivity contribution in [1.29, 1.82) is 0 Å². The van der Waals surface area contributed by atoms with E-state index >= 15 is 0 Å². The van der Waals surface area contributed by atoms with Crippen LogP contribution in [0.1, 0.15) is 0 Å². The molecule has 8 heavy (non-hydrogen) atoms. The van der Waals surface area contributed by atoms with Gasteiger partial charge in [0.2, 0.25) is 0 Å². The zero-order chi connectivity index (χ0) is 5.40. The first-order valence-electron chi connectivity index (χ1n) is 2.08. The van der Waals surface area contributed by atoms with E-state index in [1.165, 1.54) is 11.5 Å². The van der Waals surface area contributed by atoms with E-state index < -0.39 is 0 Å². The molecule has 0 fully saturated rings. The Bertz CT molecular complexity index is 203. The van der Waals surface area contributed by atoms with Gasteiger partial charge < -0.3 is 4.37 Å². The lowest BCUT2D eigenvalue weighted by atomic mass is 10.5. The van der Waals surface area contributed by atoms with Crippen molar-refractivity contribution in [2.75, 3.05) is 0 Å². The van der Waals surface area contributed by atoms with Crippen LogP contribution in [-0.4, -0.2) is 19.8 Å². The highest BCUT2D eigenvalue weighted by Gasteiger charge is 2.05. The molecule has 2 heterocycles. The fourth-order valence-electron chi connectivity index (χ4n) is 0.510. The highest BCUT2D eigenvalue weighted by molar-refractivity contribution is 7.09. The average Bonchev–Trinajstić information content (AvgIpc) is 2.15. The van der Waals surface area contributed by atoms with Crippen molar-refractivity contribution in [2.45, 2.75) is 0 Å². The van der Waals surface area contributed by atoms with Crippen molar-refractivity contribution in [1.82, 2.24) is 19.8 Å². The van der Waals surface area contributed by atoms with Gasteiger partial charge in [-0.15, -0.1) is 10.2 Å². The van der Waals surface area contributed by atoms with Crippen LogP contribution >= 0.6 is 11.5 Å². The molecule has 0 aromatic rings. The minimum absolute atomic E-state index is 0.843. The van der Waals surface area contributed by atoms with Gasteiger partial charge in [0.05, 0.1) is 0 Å². The van der Waals surface area contributed by atoms with Gasteiger partial charge in [0.15, 0.2) is 5.01 Å². The Labute approximate surface area is 49.1 Å². The first kappa shape index (κ1) is 3.96. The first-order chi connectivity index (χ1) is 3.97. The van der Waals surface area contributed by atoms with Crippen LogP contribution in [-0.2, 0) is 0 Å². The molecule has 0 spiro atoms.